The Morgan fingerprint density at radius 1 is 1.28 bits per heavy atom. The number of piperazine rings is 1. The van der Waals surface area contributed by atoms with Gasteiger partial charge in [-0.15, -0.1) is 0 Å². The third kappa shape index (κ3) is 4.42. The molecule has 0 aliphatic carbocycles. The van der Waals surface area contributed by atoms with Crippen LogP contribution in [0.4, 0.5) is 5.69 Å². The van der Waals surface area contributed by atoms with Crippen LogP contribution in [0.1, 0.15) is 5.56 Å². The number of rotatable bonds is 4. The number of hydrogen-bond donors (Lipinski definition) is 1. The lowest BCUT2D eigenvalue weighted by Crippen LogP contribution is -2.53. The molecule has 0 saturated carbocycles. The fraction of sp³-hybridized carbons (Fsp3) is 0.471. The van der Waals surface area contributed by atoms with E-state index >= 15 is 0 Å². The van der Waals surface area contributed by atoms with Crippen LogP contribution in [0, 0.1) is 6.92 Å². The summed E-state index contributed by atoms with van der Waals surface area (Å²) in [7, 11) is 1.82. The number of aromatic nitrogens is 3. The van der Waals surface area contributed by atoms with Gasteiger partial charge < -0.3 is 15.1 Å². The Morgan fingerprint density at radius 2 is 2.08 bits per heavy atom. The molecule has 0 unspecified atom stereocenters. The van der Waals surface area contributed by atoms with Crippen molar-refractivity contribution in [1.29, 1.82) is 0 Å². The fourth-order valence-corrected chi connectivity index (χ4v) is 3.21. The first kappa shape index (κ1) is 17.5. The van der Waals surface area contributed by atoms with Crippen LogP contribution in [0.3, 0.4) is 0 Å². The second kappa shape index (κ2) is 8.20. The molecule has 1 N–H and O–H groups in total. The maximum atomic E-state index is 6.16. The zero-order chi connectivity index (χ0) is 17.6. The number of aryl methyl sites for hydroxylation is 1. The van der Waals surface area contributed by atoms with Crippen LogP contribution in [0.2, 0.25) is 5.02 Å². The molecule has 0 spiro atoms. The summed E-state index contributed by atoms with van der Waals surface area (Å²) in [4.78, 5) is 13.0. The van der Waals surface area contributed by atoms with Gasteiger partial charge in [0.15, 0.2) is 5.96 Å². The van der Waals surface area contributed by atoms with Crippen LogP contribution in [0.5, 0.6) is 0 Å². The predicted octanol–water partition coefficient (Wildman–Crippen LogP) is 1.64. The summed E-state index contributed by atoms with van der Waals surface area (Å²) < 4.78 is 1.81. The second-order valence-electron chi connectivity index (χ2n) is 6.04. The molecule has 134 valence electrons. The van der Waals surface area contributed by atoms with Crippen LogP contribution in [0.25, 0.3) is 0 Å². The smallest absolute Gasteiger partial charge is 0.193 e. The van der Waals surface area contributed by atoms with Crippen LogP contribution < -0.4 is 10.2 Å². The molecule has 1 saturated heterocycles. The molecule has 0 bridgehead atoms. The van der Waals surface area contributed by atoms with E-state index < -0.39 is 0 Å². The second-order valence-corrected chi connectivity index (χ2v) is 6.47. The van der Waals surface area contributed by atoms with Crippen molar-refractivity contribution < 1.29 is 0 Å². The Bertz CT molecular complexity index is 706. The van der Waals surface area contributed by atoms with Gasteiger partial charge >= 0.3 is 0 Å². The quantitative estimate of drug-likeness (QED) is 0.662. The molecule has 0 amide bonds. The molecule has 1 aromatic heterocycles. The van der Waals surface area contributed by atoms with E-state index in [1.165, 1.54) is 11.3 Å². The largest absolute Gasteiger partial charge is 0.368 e. The summed E-state index contributed by atoms with van der Waals surface area (Å²) in [6.45, 7) is 7.41. The van der Waals surface area contributed by atoms with Gasteiger partial charge in [-0.1, -0.05) is 17.7 Å². The molecule has 2 heterocycles. The first-order chi connectivity index (χ1) is 12.2. The highest BCUT2D eigenvalue weighted by molar-refractivity contribution is 6.30. The van der Waals surface area contributed by atoms with E-state index in [-0.39, 0.29) is 0 Å². The van der Waals surface area contributed by atoms with E-state index in [0.29, 0.717) is 0 Å². The van der Waals surface area contributed by atoms with Crippen LogP contribution >= 0.6 is 11.6 Å². The molecule has 1 aliphatic rings. The topological polar surface area (TPSA) is 61.6 Å². The minimum absolute atomic E-state index is 0.765. The lowest BCUT2D eigenvalue weighted by atomic mass is 10.1. The van der Waals surface area contributed by atoms with Crippen LogP contribution in [-0.2, 0) is 6.54 Å². The van der Waals surface area contributed by atoms with Crippen LogP contribution in [-0.4, -0.2) is 65.4 Å². The van der Waals surface area contributed by atoms with Gasteiger partial charge in [-0.3, -0.25) is 9.67 Å². The van der Waals surface area contributed by atoms with Crippen LogP contribution in [0.15, 0.2) is 35.8 Å². The lowest BCUT2D eigenvalue weighted by molar-refractivity contribution is 0.371. The summed E-state index contributed by atoms with van der Waals surface area (Å²) in [6, 6.07) is 6.07. The van der Waals surface area contributed by atoms with Crippen molar-refractivity contribution in [1.82, 2.24) is 25.0 Å². The molecule has 3 rings (SSSR count). The van der Waals surface area contributed by atoms with Crippen molar-refractivity contribution in [2.45, 2.75) is 13.5 Å². The molecule has 8 heteroatoms. The number of nitrogens with zero attached hydrogens (tertiary/aromatic N) is 6. The Kier molecular flexibility index (Phi) is 5.75. The lowest BCUT2D eigenvalue weighted by Gasteiger charge is -2.38. The standard InChI is InChI=1S/C17H24ClN7/c1-14-3-4-15(18)11-16(14)23-7-9-24(10-8-23)17(19-2)21-5-6-25-13-20-12-22-25/h3-4,11-13H,5-10H2,1-2H3,(H,19,21). The molecule has 1 aromatic carbocycles. The SMILES string of the molecule is CN=C(NCCn1cncn1)N1CCN(c2cc(Cl)ccc2C)CC1. The normalized spacial score (nSPS) is 15.6. The van der Waals surface area contributed by atoms with Gasteiger partial charge in [0.05, 0.1) is 6.54 Å². The van der Waals surface area contributed by atoms with E-state index in [1.54, 1.807) is 17.3 Å². The molecular weight excluding hydrogens is 338 g/mol. The highest BCUT2D eigenvalue weighted by Crippen LogP contribution is 2.25. The van der Waals surface area contributed by atoms with Gasteiger partial charge in [-0.2, -0.15) is 5.10 Å². The van der Waals surface area contributed by atoms with Gasteiger partial charge in [0.25, 0.3) is 0 Å². The zero-order valence-corrected chi connectivity index (χ0v) is 15.4. The van der Waals surface area contributed by atoms with Gasteiger partial charge in [-0.25, -0.2) is 4.98 Å². The van der Waals surface area contributed by atoms with Crippen molar-refractivity contribution in [3.8, 4) is 0 Å². The third-order valence-electron chi connectivity index (χ3n) is 4.39. The highest BCUT2D eigenvalue weighted by Gasteiger charge is 2.20. The molecule has 1 fully saturated rings. The van der Waals surface area contributed by atoms with Crippen molar-refractivity contribution >= 4 is 23.2 Å². The van der Waals surface area contributed by atoms with E-state index in [2.05, 4.69) is 49.2 Å². The first-order valence-electron chi connectivity index (χ1n) is 8.46. The number of hydrogen-bond acceptors (Lipinski definition) is 4. The van der Waals surface area contributed by atoms with Gasteiger partial charge in [0.1, 0.15) is 12.7 Å². The Hall–Kier alpha value is -2.28. The third-order valence-corrected chi connectivity index (χ3v) is 4.63. The number of guanidine groups is 1. The molecule has 1 aliphatic heterocycles. The number of benzene rings is 1. The van der Waals surface area contributed by atoms with Gasteiger partial charge in [0.2, 0.25) is 0 Å². The molecule has 2 aromatic rings. The summed E-state index contributed by atoms with van der Waals surface area (Å²) in [6.07, 6.45) is 3.27. The number of anilines is 1. The van der Waals surface area contributed by atoms with Crippen molar-refractivity contribution in [3.05, 3.63) is 41.4 Å². The summed E-state index contributed by atoms with van der Waals surface area (Å²) in [5, 5.41) is 8.29. The number of nitrogens with one attached hydrogen (secondary N) is 1. The maximum Gasteiger partial charge on any atom is 0.193 e. The van der Waals surface area contributed by atoms with E-state index in [4.69, 9.17) is 11.6 Å². The van der Waals surface area contributed by atoms with Crippen molar-refractivity contribution in [3.63, 3.8) is 0 Å². The monoisotopic (exact) mass is 361 g/mol. The highest BCUT2D eigenvalue weighted by atomic mass is 35.5. The average molecular weight is 362 g/mol. The van der Waals surface area contributed by atoms with E-state index in [0.717, 1.165) is 50.3 Å². The average Bonchev–Trinajstić information content (AvgIpc) is 3.15. The maximum absolute atomic E-state index is 6.16. The number of aliphatic imine (C=N–C) groups is 1. The summed E-state index contributed by atoms with van der Waals surface area (Å²) in [5.41, 5.74) is 2.48. The van der Waals surface area contributed by atoms with Crippen molar-refractivity contribution in [2.75, 3.05) is 44.7 Å². The first-order valence-corrected chi connectivity index (χ1v) is 8.84. The van der Waals surface area contributed by atoms with E-state index in [1.807, 2.05) is 13.1 Å². The van der Waals surface area contributed by atoms with Gasteiger partial charge in [0, 0.05) is 50.5 Å². The Morgan fingerprint density at radius 3 is 2.76 bits per heavy atom. The summed E-state index contributed by atoms with van der Waals surface area (Å²) >= 11 is 6.16. The minimum Gasteiger partial charge on any atom is -0.368 e. The molecular formula is C17H24ClN7. The van der Waals surface area contributed by atoms with E-state index in [9.17, 15) is 0 Å². The fourth-order valence-electron chi connectivity index (χ4n) is 3.05. The zero-order valence-electron chi connectivity index (χ0n) is 14.7. The minimum atomic E-state index is 0.765. The molecule has 0 atom stereocenters. The predicted molar refractivity (Wildman–Crippen MR) is 101 cm³/mol. The van der Waals surface area contributed by atoms with Crippen molar-refractivity contribution in [2.24, 2.45) is 4.99 Å². The van der Waals surface area contributed by atoms with Gasteiger partial charge in [-0.05, 0) is 24.6 Å². The molecule has 25 heavy (non-hydrogen) atoms. The Balaban J connectivity index is 1.52. The molecule has 0 radical (unpaired) electrons. The summed E-state index contributed by atoms with van der Waals surface area (Å²) in [5.74, 6) is 0.933. The molecule has 7 nitrogen and oxygen atoms in total. The Labute approximate surface area is 153 Å². The number of halogens is 1.